The molecule has 0 spiro atoms. The quantitative estimate of drug-likeness (QED) is 0.279. The lowest BCUT2D eigenvalue weighted by Crippen LogP contribution is -2.13. The van der Waals surface area contributed by atoms with Crippen molar-refractivity contribution < 1.29 is 9.21 Å². The monoisotopic (exact) mass is 429 g/mol. The Morgan fingerprint density at radius 2 is 1.58 bits per heavy atom. The predicted octanol–water partition coefficient (Wildman–Crippen LogP) is 6.19. The van der Waals surface area contributed by atoms with E-state index in [2.05, 4.69) is 25.7 Å². The predicted molar refractivity (Wildman–Crippen MR) is 121 cm³/mol. The van der Waals surface area contributed by atoms with E-state index < -0.39 is 0 Å². The van der Waals surface area contributed by atoms with Crippen LogP contribution in [0.2, 0.25) is 0 Å². The molecule has 1 N–H and O–H groups in total. The van der Waals surface area contributed by atoms with Gasteiger partial charge in [-0.3, -0.25) is 4.79 Å². The van der Waals surface area contributed by atoms with Crippen LogP contribution in [0.4, 0.5) is 17.1 Å². The van der Waals surface area contributed by atoms with E-state index in [0.717, 1.165) is 16.8 Å². The van der Waals surface area contributed by atoms with E-state index >= 15 is 0 Å². The number of hydrogen-bond acceptors (Lipinski definition) is 7. The summed E-state index contributed by atoms with van der Waals surface area (Å²) in [5.74, 6) is 0.436. The molecule has 0 saturated heterocycles. The van der Waals surface area contributed by atoms with Gasteiger partial charge in [-0.2, -0.15) is 10.2 Å². The summed E-state index contributed by atoms with van der Waals surface area (Å²) in [6.07, 6.45) is 0. The first-order valence-corrected chi connectivity index (χ1v) is 10.5. The fourth-order valence-corrected chi connectivity index (χ4v) is 3.30. The second-order valence-electron chi connectivity index (χ2n) is 6.61. The van der Waals surface area contributed by atoms with E-state index in [-0.39, 0.29) is 11.7 Å². The van der Waals surface area contributed by atoms with E-state index in [1.807, 2.05) is 61.5 Å². The molecule has 8 heteroatoms. The number of hydrogen-bond donors (Lipinski definition) is 1. The van der Waals surface area contributed by atoms with Crippen molar-refractivity contribution >= 4 is 34.7 Å². The molecule has 4 aromatic rings. The molecule has 0 bridgehead atoms. The van der Waals surface area contributed by atoms with Crippen molar-refractivity contribution in [1.82, 2.24) is 10.2 Å². The number of thioether (sulfide) groups is 1. The summed E-state index contributed by atoms with van der Waals surface area (Å²) >= 11 is 1.19. The first kappa shape index (κ1) is 20.5. The van der Waals surface area contributed by atoms with Gasteiger partial charge >= 0.3 is 0 Å². The average Bonchev–Trinajstić information content (AvgIpc) is 3.27. The Morgan fingerprint density at radius 1 is 0.903 bits per heavy atom. The zero-order valence-corrected chi connectivity index (χ0v) is 17.5. The van der Waals surface area contributed by atoms with Gasteiger partial charge < -0.3 is 9.73 Å². The van der Waals surface area contributed by atoms with E-state index in [4.69, 9.17) is 4.42 Å². The number of nitrogens with zero attached hydrogens (tertiary/aromatic N) is 4. The molecular formula is C23H19N5O2S. The van der Waals surface area contributed by atoms with Crippen LogP contribution in [-0.2, 0) is 4.79 Å². The molecule has 0 radical (unpaired) electrons. The third-order valence-electron chi connectivity index (χ3n) is 4.30. The highest BCUT2D eigenvalue weighted by molar-refractivity contribution is 7.99. The maximum atomic E-state index is 12.2. The Bertz CT molecular complexity index is 1190. The molecule has 1 heterocycles. The van der Waals surface area contributed by atoms with Crippen LogP contribution in [-0.4, -0.2) is 21.9 Å². The molecule has 0 unspecified atom stereocenters. The first-order valence-electron chi connectivity index (χ1n) is 9.56. The molecule has 0 saturated carbocycles. The van der Waals surface area contributed by atoms with Crippen LogP contribution in [0.5, 0.6) is 0 Å². The van der Waals surface area contributed by atoms with Gasteiger partial charge in [0.2, 0.25) is 11.8 Å². The fraction of sp³-hybridized carbons (Fsp3) is 0.0870. The van der Waals surface area contributed by atoms with Crippen molar-refractivity contribution in [2.45, 2.75) is 12.1 Å². The van der Waals surface area contributed by atoms with Crippen LogP contribution < -0.4 is 5.32 Å². The summed E-state index contributed by atoms with van der Waals surface area (Å²) in [5, 5.41) is 19.6. The standard InChI is InChI=1S/C23H19N5O2S/c1-16-7-5-6-10-20(16)22-27-28-23(30-22)31-15-21(29)24-17-11-13-19(14-12-17)26-25-18-8-3-2-4-9-18/h2-14H,15H2,1H3,(H,24,29). The van der Waals surface area contributed by atoms with E-state index in [0.29, 0.717) is 22.5 Å². The zero-order valence-electron chi connectivity index (χ0n) is 16.7. The topological polar surface area (TPSA) is 92.7 Å². The number of nitrogens with one attached hydrogen (secondary N) is 1. The van der Waals surface area contributed by atoms with Crippen molar-refractivity contribution in [2.75, 3.05) is 11.1 Å². The molecule has 0 atom stereocenters. The minimum Gasteiger partial charge on any atom is -0.411 e. The van der Waals surface area contributed by atoms with Crippen LogP contribution in [0, 0.1) is 6.92 Å². The molecule has 7 nitrogen and oxygen atoms in total. The maximum absolute atomic E-state index is 12.2. The van der Waals surface area contributed by atoms with E-state index in [1.54, 1.807) is 24.3 Å². The molecule has 0 aliphatic heterocycles. The van der Waals surface area contributed by atoms with Crippen molar-refractivity contribution in [3.05, 3.63) is 84.4 Å². The van der Waals surface area contributed by atoms with E-state index in [1.165, 1.54) is 11.8 Å². The van der Waals surface area contributed by atoms with E-state index in [9.17, 15) is 4.79 Å². The number of carbonyl (C=O) groups is 1. The highest BCUT2D eigenvalue weighted by Gasteiger charge is 2.12. The SMILES string of the molecule is Cc1ccccc1-c1nnc(SCC(=O)Nc2ccc(N=Nc3ccccc3)cc2)o1. The van der Waals surface area contributed by atoms with Gasteiger partial charge in [0.05, 0.1) is 17.1 Å². The van der Waals surface area contributed by atoms with Gasteiger partial charge in [-0.1, -0.05) is 48.2 Å². The Labute approximate surface area is 183 Å². The second kappa shape index (κ2) is 9.82. The molecule has 0 fully saturated rings. The van der Waals surface area contributed by atoms with Crippen LogP contribution in [0.15, 0.2) is 98.7 Å². The molecule has 1 aromatic heterocycles. The Kier molecular flexibility index (Phi) is 6.49. The molecule has 1 amide bonds. The van der Waals surface area contributed by atoms with Gasteiger partial charge in [-0.15, -0.1) is 10.2 Å². The Balaban J connectivity index is 1.29. The first-order chi connectivity index (χ1) is 15.2. The van der Waals surface area contributed by atoms with Crippen molar-refractivity contribution in [1.29, 1.82) is 0 Å². The number of aryl methyl sites for hydroxylation is 1. The second-order valence-corrected chi connectivity index (χ2v) is 7.53. The van der Waals surface area contributed by atoms with Gasteiger partial charge in [0.25, 0.3) is 5.22 Å². The van der Waals surface area contributed by atoms with Gasteiger partial charge in [-0.05, 0) is 55.0 Å². The number of carbonyl (C=O) groups excluding carboxylic acids is 1. The van der Waals surface area contributed by atoms with Gasteiger partial charge in [-0.25, -0.2) is 0 Å². The lowest BCUT2D eigenvalue weighted by Gasteiger charge is -2.04. The summed E-state index contributed by atoms with van der Waals surface area (Å²) in [4.78, 5) is 12.2. The summed E-state index contributed by atoms with van der Waals surface area (Å²) in [6.45, 7) is 1.98. The normalized spacial score (nSPS) is 11.0. The van der Waals surface area contributed by atoms with Crippen LogP contribution in [0.1, 0.15) is 5.56 Å². The maximum Gasteiger partial charge on any atom is 0.277 e. The fourth-order valence-electron chi connectivity index (χ4n) is 2.74. The Hall–Kier alpha value is -3.78. The van der Waals surface area contributed by atoms with Gasteiger partial charge in [0.15, 0.2) is 0 Å². The summed E-state index contributed by atoms with van der Waals surface area (Å²) in [7, 11) is 0. The number of anilines is 1. The number of rotatable bonds is 7. The number of benzene rings is 3. The smallest absolute Gasteiger partial charge is 0.277 e. The third-order valence-corrected chi connectivity index (χ3v) is 5.12. The van der Waals surface area contributed by atoms with Gasteiger partial charge in [0, 0.05) is 11.3 Å². The highest BCUT2D eigenvalue weighted by atomic mass is 32.2. The third kappa shape index (κ3) is 5.64. The lowest BCUT2D eigenvalue weighted by molar-refractivity contribution is -0.113. The van der Waals surface area contributed by atoms with Gasteiger partial charge in [0.1, 0.15) is 0 Å². The van der Waals surface area contributed by atoms with Crippen molar-refractivity contribution in [3.63, 3.8) is 0 Å². The minimum absolute atomic E-state index is 0.158. The molecule has 31 heavy (non-hydrogen) atoms. The highest BCUT2D eigenvalue weighted by Crippen LogP contribution is 2.26. The van der Waals surface area contributed by atoms with Crippen LogP contribution in [0.3, 0.4) is 0 Å². The van der Waals surface area contributed by atoms with Crippen molar-refractivity contribution in [3.8, 4) is 11.5 Å². The zero-order chi connectivity index (χ0) is 21.5. The Morgan fingerprint density at radius 3 is 2.32 bits per heavy atom. The van der Waals surface area contributed by atoms with Crippen LogP contribution >= 0.6 is 11.8 Å². The molecular weight excluding hydrogens is 410 g/mol. The number of azo groups is 1. The lowest BCUT2D eigenvalue weighted by atomic mass is 10.1. The molecule has 4 rings (SSSR count). The number of amides is 1. The molecule has 3 aromatic carbocycles. The summed E-state index contributed by atoms with van der Waals surface area (Å²) in [5.41, 5.74) is 4.09. The number of aromatic nitrogens is 2. The summed E-state index contributed by atoms with van der Waals surface area (Å²) < 4.78 is 5.67. The van der Waals surface area contributed by atoms with Crippen LogP contribution in [0.25, 0.3) is 11.5 Å². The van der Waals surface area contributed by atoms with Crippen molar-refractivity contribution in [2.24, 2.45) is 10.2 Å². The summed E-state index contributed by atoms with van der Waals surface area (Å²) in [6, 6.07) is 24.4. The molecule has 0 aliphatic rings. The molecule has 154 valence electrons. The largest absolute Gasteiger partial charge is 0.411 e. The minimum atomic E-state index is -0.167. The molecule has 0 aliphatic carbocycles. The average molecular weight is 430 g/mol.